The molecule has 2 rings (SSSR count). The third-order valence-corrected chi connectivity index (χ3v) is 3.44. The van der Waals surface area contributed by atoms with Crippen LogP contribution in [0.25, 0.3) is 0 Å². The van der Waals surface area contributed by atoms with Gasteiger partial charge in [-0.15, -0.1) is 0 Å². The van der Waals surface area contributed by atoms with E-state index >= 15 is 0 Å². The summed E-state index contributed by atoms with van der Waals surface area (Å²) in [6.45, 7) is 4.56. The van der Waals surface area contributed by atoms with E-state index in [-0.39, 0.29) is 5.91 Å². The third kappa shape index (κ3) is 3.18. The molecule has 0 saturated carbocycles. The van der Waals surface area contributed by atoms with Crippen LogP contribution >= 0.6 is 0 Å². The van der Waals surface area contributed by atoms with Gasteiger partial charge in [0.2, 0.25) is 0 Å². The van der Waals surface area contributed by atoms with Crippen LogP contribution < -0.4 is 11.1 Å². The van der Waals surface area contributed by atoms with Gasteiger partial charge < -0.3 is 11.1 Å². The molecule has 0 fully saturated rings. The minimum atomic E-state index is -0.0827. The van der Waals surface area contributed by atoms with Crippen molar-refractivity contribution in [1.82, 2.24) is 5.32 Å². The van der Waals surface area contributed by atoms with Crippen molar-refractivity contribution in [2.24, 2.45) is 0 Å². The molecule has 2 aromatic rings. The second-order valence-corrected chi connectivity index (χ2v) is 4.88. The number of amides is 1. The molecule has 104 valence electrons. The quantitative estimate of drug-likeness (QED) is 0.837. The van der Waals surface area contributed by atoms with Gasteiger partial charge in [-0.3, -0.25) is 4.79 Å². The number of anilines is 1. The van der Waals surface area contributed by atoms with Crippen molar-refractivity contribution in [3.05, 3.63) is 64.7 Å². The summed E-state index contributed by atoms with van der Waals surface area (Å²) in [7, 11) is 0. The summed E-state index contributed by atoms with van der Waals surface area (Å²) in [5, 5.41) is 2.96. The number of nitrogen functional groups attached to an aromatic ring is 1. The molecule has 0 saturated heterocycles. The molecule has 3 N–H and O–H groups in total. The van der Waals surface area contributed by atoms with Crippen LogP contribution in [0.4, 0.5) is 5.69 Å². The van der Waals surface area contributed by atoms with Crippen LogP contribution in [0, 0.1) is 6.92 Å². The molecule has 0 bridgehead atoms. The number of rotatable bonds is 4. The maximum atomic E-state index is 12.2. The Morgan fingerprint density at radius 1 is 1.15 bits per heavy atom. The van der Waals surface area contributed by atoms with E-state index in [9.17, 15) is 4.79 Å². The standard InChI is InChI=1S/C17H20N2O/c1-3-13-6-4-5-7-14(13)11-19-17(20)16-10-15(18)9-8-12(16)2/h4-10H,3,11,18H2,1-2H3,(H,19,20). The number of nitrogens with two attached hydrogens (primary N) is 1. The van der Waals surface area contributed by atoms with Gasteiger partial charge in [0.25, 0.3) is 5.91 Å². The predicted molar refractivity (Wildman–Crippen MR) is 82.6 cm³/mol. The molecular weight excluding hydrogens is 248 g/mol. The van der Waals surface area contributed by atoms with Crippen molar-refractivity contribution in [3.63, 3.8) is 0 Å². The first-order valence-electron chi connectivity index (χ1n) is 6.83. The number of carbonyl (C=O) groups excluding carboxylic acids is 1. The summed E-state index contributed by atoms with van der Waals surface area (Å²) in [5.74, 6) is -0.0827. The van der Waals surface area contributed by atoms with E-state index in [1.165, 1.54) is 5.56 Å². The van der Waals surface area contributed by atoms with Gasteiger partial charge in [0.15, 0.2) is 0 Å². The molecule has 20 heavy (non-hydrogen) atoms. The lowest BCUT2D eigenvalue weighted by Gasteiger charge is -2.11. The van der Waals surface area contributed by atoms with Gasteiger partial charge in [0.1, 0.15) is 0 Å². The molecule has 0 aliphatic rings. The maximum Gasteiger partial charge on any atom is 0.251 e. The fourth-order valence-corrected chi connectivity index (χ4v) is 2.23. The molecule has 0 aromatic heterocycles. The lowest BCUT2D eigenvalue weighted by Crippen LogP contribution is -2.24. The van der Waals surface area contributed by atoms with Gasteiger partial charge in [0.05, 0.1) is 0 Å². The second-order valence-electron chi connectivity index (χ2n) is 4.88. The third-order valence-electron chi connectivity index (χ3n) is 3.44. The van der Waals surface area contributed by atoms with Gasteiger partial charge in [-0.05, 0) is 42.2 Å². The van der Waals surface area contributed by atoms with E-state index < -0.39 is 0 Å². The van der Waals surface area contributed by atoms with Crippen LogP contribution in [0.1, 0.15) is 34.0 Å². The van der Waals surface area contributed by atoms with Crippen LogP contribution in [0.15, 0.2) is 42.5 Å². The number of nitrogens with one attached hydrogen (secondary N) is 1. The summed E-state index contributed by atoms with van der Waals surface area (Å²) in [6.07, 6.45) is 0.962. The zero-order chi connectivity index (χ0) is 14.5. The Kier molecular flexibility index (Phi) is 4.41. The molecule has 0 aliphatic heterocycles. The van der Waals surface area contributed by atoms with E-state index in [1.54, 1.807) is 12.1 Å². The van der Waals surface area contributed by atoms with Crippen LogP contribution in [-0.2, 0) is 13.0 Å². The number of benzene rings is 2. The summed E-state index contributed by atoms with van der Waals surface area (Å²) in [6, 6.07) is 13.5. The zero-order valence-corrected chi connectivity index (χ0v) is 11.9. The maximum absolute atomic E-state index is 12.2. The van der Waals surface area contributed by atoms with Gasteiger partial charge in [-0.25, -0.2) is 0 Å². The van der Waals surface area contributed by atoms with E-state index in [4.69, 9.17) is 5.73 Å². The number of aryl methyl sites for hydroxylation is 2. The molecule has 1 amide bonds. The Hall–Kier alpha value is -2.29. The highest BCUT2D eigenvalue weighted by atomic mass is 16.1. The SMILES string of the molecule is CCc1ccccc1CNC(=O)c1cc(N)ccc1C. The van der Waals surface area contributed by atoms with Crippen LogP contribution in [-0.4, -0.2) is 5.91 Å². The van der Waals surface area contributed by atoms with E-state index in [0.717, 1.165) is 17.5 Å². The highest BCUT2D eigenvalue weighted by molar-refractivity contribution is 5.96. The number of carbonyl (C=O) groups is 1. The van der Waals surface area contributed by atoms with Crippen molar-refractivity contribution < 1.29 is 4.79 Å². The second kappa shape index (κ2) is 6.24. The van der Waals surface area contributed by atoms with Crippen molar-refractivity contribution in [1.29, 1.82) is 0 Å². The molecule has 0 radical (unpaired) electrons. The van der Waals surface area contributed by atoms with E-state index in [0.29, 0.717) is 17.8 Å². The first kappa shape index (κ1) is 14.1. The Morgan fingerprint density at radius 2 is 1.85 bits per heavy atom. The lowest BCUT2D eigenvalue weighted by atomic mass is 10.0. The van der Waals surface area contributed by atoms with E-state index in [1.807, 2.05) is 31.2 Å². The predicted octanol–water partition coefficient (Wildman–Crippen LogP) is 3.07. The monoisotopic (exact) mass is 268 g/mol. The molecule has 2 aromatic carbocycles. The molecule has 0 heterocycles. The molecule has 0 spiro atoms. The van der Waals surface area contributed by atoms with Crippen molar-refractivity contribution >= 4 is 11.6 Å². The minimum absolute atomic E-state index is 0.0827. The van der Waals surface area contributed by atoms with E-state index in [2.05, 4.69) is 18.3 Å². The summed E-state index contributed by atoms with van der Waals surface area (Å²) in [5.41, 5.74) is 10.3. The average molecular weight is 268 g/mol. The summed E-state index contributed by atoms with van der Waals surface area (Å²) in [4.78, 5) is 12.2. The largest absolute Gasteiger partial charge is 0.399 e. The molecule has 0 atom stereocenters. The smallest absolute Gasteiger partial charge is 0.251 e. The van der Waals surface area contributed by atoms with Gasteiger partial charge in [0, 0.05) is 17.8 Å². The fourth-order valence-electron chi connectivity index (χ4n) is 2.23. The van der Waals surface area contributed by atoms with Gasteiger partial charge >= 0.3 is 0 Å². The molecule has 3 heteroatoms. The average Bonchev–Trinajstić information content (AvgIpc) is 2.47. The Bertz CT molecular complexity index is 620. The van der Waals surface area contributed by atoms with Gasteiger partial charge in [-0.1, -0.05) is 37.3 Å². The highest BCUT2D eigenvalue weighted by Crippen LogP contribution is 2.13. The Morgan fingerprint density at radius 3 is 2.55 bits per heavy atom. The zero-order valence-electron chi connectivity index (χ0n) is 11.9. The number of hydrogen-bond donors (Lipinski definition) is 2. The van der Waals surface area contributed by atoms with Crippen molar-refractivity contribution in [2.45, 2.75) is 26.8 Å². The van der Waals surface area contributed by atoms with Crippen LogP contribution in [0.5, 0.6) is 0 Å². The Balaban J connectivity index is 2.11. The number of hydrogen-bond acceptors (Lipinski definition) is 2. The molecule has 0 aliphatic carbocycles. The van der Waals surface area contributed by atoms with Crippen LogP contribution in [0.2, 0.25) is 0 Å². The summed E-state index contributed by atoms with van der Waals surface area (Å²) < 4.78 is 0. The topological polar surface area (TPSA) is 55.1 Å². The molecule has 0 unspecified atom stereocenters. The van der Waals surface area contributed by atoms with Crippen LogP contribution in [0.3, 0.4) is 0 Å². The van der Waals surface area contributed by atoms with Crippen molar-refractivity contribution in [3.8, 4) is 0 Å². The fraction of sp³-hybridized carbons (Fsp3) is 0.235. The summed E-state index contributed by atoms with van der Waals surface area (Å²) >= 11 is 0. The van der Waals surface area contributed by atoms with Gasteiger partial charge in [-0.2, -0.15) is 0 Å². The molecule has 3 nitrogen and oxygen atoms in total. The lowest BCUT2D eigenvalue weighted by molar-refractivity contribution is 0.0950. The highest BCUT2D eigenvalue weighted by Gasteiger charge is 2.09. The minimum Gasteiger partial charge on any atom is -0.399 e. The first-order chi connectivity index (χ1) is 9.61. The Labute approximate surface area is 119 Å². The molecular formula is C17H20N2O. The van der Waals surface area contributed by atoms with Crippen molar-refractivity contribution in [2.75, 3.05) is 5.73 Å². The first-order valence-corrected chi connectivity index (χ1v) is 6.83. The normalized spacial score (nSPS) is 10.3.